The van der Waals surface area contributed by atoms with Crippen LogP contribution in [-0.2, 0) is 17.8 Å². The molecule has 0 aliphatic carbocycles. The largest absolute Gasteiger partial charge is 0.493 e. The molecule has 0 saturated carbocycles. The molecule has 1 amide bonds. The lowest BCUT2D eigenvalue weighted by molar-refractivity contribution is -0.137. The molecule has 2 aliphatic rings. The van der Waals surface area contributed by atoms with Crippen molar-refractivity contribution in [3.63, 3.8) is 0 Å². The molecule has 1 fully saturated rings. The third-order valence-corrected chi connectivity index (χ3v) is 6.02. The fraction of sp³-hybridized carbons (Fsp3) is 0.450. The molecule has 0 unspecified atom stereocenters. The molecule has 25 heavy (non-hydrogen) atoms. The van der Waals surface area contributed by atoms with E-state index < -0.39 is 0 Å². The average molecular weight is 356 g/mol. The van der Waals surface area contributed by atoms with Crippen LogP contribution >= 0.6 is 11.3 Å². The van der Waals surface area contributed by atoms with Crippen LogP contribution in [0, 0.1) is 5.92 Å². The molecular formula is C20H24N2O2S. The number of hydrogen-bond acceptors (Lipinski definition) is 4. The summed E-state index contributed by atoms with van der Waals surface area (Å²) in [5, 5.41) is 2.13. The number of nitrogens with zero attached hydrogens (tertiary/aromatic N) is 2. The summed E-state index contributed by atoms with van der Waals surface area (Å²) in [6, 6.07) is 12.4. The fourth-order valence-corrected chi connectivity index (χ4v) is 4.46. The van der Waals surface area contributed by atoms with Gasteiger partial charge in [-0.2, -0.15) is 0 Å². The zero-order chi connectivity index (χ0) is 17.1. The van der Waals surface area contributed by atoms with Gasteiger partial charge in [-0.15, -0.1) is 11.3 Å². The Labute approximate surface area is 153 Å². The number of para-hydroxylation sites is 1. The molecule has 132 valence electrons. The second-order valence-corrected chi connectivity index (χ2v) is 7.86. The van der Waals surface area contributed by atoms with Crippen molar-refractivity contribution < 1.29 is 9.53 Å². The van der Waals surface area contributed by atoms with Crippen LogP contribution in [0.1, 0.15) is 16.9 Å². The molecule has 2 aliphatic heterocycles. The highest BCUT2D eigenvalue weighted by molar-refractivity contribution is 7.09. The van der Waals surface area contributed by atoms with E-state index in [1.54, 1.807) is 11.3 Å². The van der Waals surface area contributed by atoms with Crippen molar-refractivity contribution in [2.75, 3.05) is 32.8 Å². The first-order valence-corrected chi connectivity index (χ1v) is 9.92. The van der Waals surface area contributed by atoms with E-state index in [2.05, 4.69) is 33.4 Å². The predicted molar refractivity (Wildman–Crippen MR) is 99.9 cm³/mol. The van der Waals surface area contributed by atoms with Crippen molar-refractivity contribution >= 4 is 17.2 Å². The first kappa shape index (κ1) is 16.6. The van der Waals surface area contributed by atoms with Crippen LogP contribution in [0.15, 0.2) is 41.8 Å². The lowest BCUT2D eigenvalue weighted by atomic mass is 9.95. The van der Waals surface area contributed by atoms with E-state index in [1.807, 2.05) is 18.2 Å². The van der Waals surface area contributed by atoms with Gasteiger partial charge in [0.1, 0.15) is 5.75 Å². The summed E-state index contributed by atoms with van der Waals surface area (Å²) in [4.78, 5) is 18.9. The summed E-state index contributed by atoms with van der Waals surface area (Å²) in [6.07, 6.45) is 1.60. The molecule has 0 radical (unpaired) electrons. The number of amides is 1. The molecule has 5 heteroatoms. The molecule has 0 spiro atoms. The number of carbonyl (C=O) groups excluding carboxylic acids is 1. The van der Waals surface area contributed by atoms with Gasteiger partial charge in [-0.05, 0) is 35.9 Å². The lowest BCUT2D eigenvalue weighted by Crippen LogP contribution is -2.50. The smallest absolute Gasteiger partial charge is 0.226 e. The molecule has 2 aromatic rings. The molecule has 1 saturated heterocycles. The summed E-state index contributed by atoms with van der Waals surface area (Å²) in [5.74, 6) is 1.29. The van der Waals surface area contributed by atoms with Crippen LogP contribution in [0.4, 0.5) is 0 Å². The van der Waals surface area contributed by atoms with E-state index in [4.69, 9.17) is 4.74 Å². The van der Waals surface area contributed by atoms with Crippen LogP contribution in [0.3, 0.4) is 0 Å². The van der Waals surface area contributed by atoms with Crippen LogP contribution in [0.2, 0.25) is 0 Å². The van der Waals surface area contributed by atoms with Gasteiger partial charge in [0, 0.05) is 43.5 Å². The lowest BCUT2D eigenvalue weighted by Gasteiger charge is -2.36. The Kier molecular flexibility index (Phi) is 5.04. The molecule has 1 aromatic heterocycles. The van der Waals surface area contributed by atoms with Crippen LogP contribution < -0.4 is 4.74 Å². The maximum Gasteiger partial charge on any atom is 0.226 e. The number of hydrogen-bond donors (Lipinski definition) is 0. The monoisotopic (exact) mass is 356 g/mol. The maximum atomic E-state index is 13.0. The van der Waals surface area contributed by atoms with Crippen molar-refractivity contribution in [3.8, 4) is 5.75 Å². The van der Waals surface area contributed by atoms with Gasteiger partial charge in [0.2, 0.25) is 5.91 Å². The van der Waals surface area contributed by atoms with Gasteiger partial charge in [0.05, 0.1) is 6.61 Å². The number of piperazine rings is 1. The average Bonchev–Trinajstić information content (AvgIpc) is 3.05. The molecule has 4 rings (SSSR count). The molecule has 3 heterocycles. The molecular weight excluding hydrogens is 332 g/mol. The first-order chi connectivity index (χ1) is 12.3. The van der Waals surface area contributed by atoms with E-state index in [9.17, 15) is 4.79 Å². The summed E-state index contributed by atoms with van der Waals surface area (Å²) >= 11 is 1.81. The Morgan fingerprint density at radius 2 is 1.96 bits per heavy atom. The Bertz CT molecular complexity index is 708. The standard InChI is InChI=1S/C20H24N2O2S/c23-20(17-7-12-24-19-6-2-1-4-16(19)14-17)22-10-8-21(9-11-22)15-18-5-3-13-25-18/h1-6,13,17H,7-12,14-15H2/t17-/m0/s1. The minimum absolute atomic E-state index is 0.0486. The minimum Gasteiger partial charge on any atom is -0.493 e. The van der Waals surface area contributed by atoms with Gasteiger partial charge in [0.15, 0.2) is 0 Å². The van der Waals surface area contributed by atoms with Gasteiger partial charge in [0.25, 0.3) is 0 Å². The maximum absolute atomic E-state index is 13.0. The summed E-state index contributed by atoms with van der Waals surface area (Å²) in [7, 11) is 0. The van der Waals surface area contributed by atoms with E-state index in [1.165, 1.54) is 4.88 Å². The van der Waals surface area contributed by atoms with Crippen LogP contribution in [-0.4, -0.2) is 48.5 Å². The predicted octanol–water partition coefficient (Wildman–Crippen LogP) is 3.03. The topological polar surface area (TPSA) is 32.8 Å². The number of rotatable bonds is 3. The van der Waals surface area contributed by atoms with Crippen molar-refractivity contribution in [1.29, 1.82) is 0 Å². The normalized spacial score (nSPS) is 21.3. The number of carbonyl (C=O) groups is 1. The van der Waals surface area contributed by atoms with E-state index in [-0.39, 0.29) is 5.92 Å². The van der Waals surface area contributed by atoms with Gasteiger partial charge in [-0.3, -0.25) is 9.69 Å². The Balaban J connectivity index is 1.34. The highest BCUT2D eigenvalue weighted by Crippen LogP contribution is 2.28. The first-order valence-electron chi connectivity index (χ1n) is 9.04. The van der Waals surface area contributed by atoms with E-state index >= 15 is 0 Å². The number of thiophene rings is 1. The van der Waals surface area contributed by atoms with Crippen molar-refractivity contribution in [1.82, 2.24) is 9.80 Å². The summed E-state index contributed by atoms with van der Waals surface area (Å²) in [6.45, 7) is 5.23. The van der Waals surface area contributed by atoms with Gasteiger partial charge in [-0.25, -0.2) is 0 Å². The molecule has 1 aromatic carbocycles. The zero-order valence-corrected chi connectivity index (χ0v) is 15.2. The highest BCUT2D eigenvalue weighted by Gasteiger charge is 2.29. The highest BCUT2D eigenvalue weighted by atomic mass is 32.1. The van der Waals surface area contributed by atoms with Crippen LogP contribution in [0.5, 0.6) is 5.75 Å². The SMILES string of the molecule is O=C([C@H]1CCOc2ccccc2C1)N1CCN(Cc2cccs2)CC1. The number of ether oxygens (including phenoxy) is 1. The number of fused-ring (bicyclic) bond motifs is 1. The van der Waals surface area contributed by atoms with Crippen molar-refractivity contribution in [2.45, 2.75) is 19.4 Å². The van der Waals surface area contributed by atoms with Gasteiger partial charge >= 0.3 is 0 Å². The van der Waals surface area contributed by atoms with Crippen LogP contribution in [0.25, 0.3) is 0 Å². The summed E-state index contributed by atoms with van der Waals surface area (Å²) in [5.41, 5.74) is 1.16. The third-order valence-electron chi connectivity index (χ3n) is 5.16. The van der Waals surface area contributed by atoms with Gasteiger partial charge < -0.3 is 9.64 Å². The Morgan fingerprint density at radius 1 is 1.12 bits per heavy atom. The fourth-order valence-electron chi connectivity index (χ4n) is 3.71. The zero-order valence-electron chi connectivity index (χ0n) is 14.4. The van der Waals surface area contributed by atoms with E-state index in [0.29, 0.717) is 12.5 Å². The van der Waals surface area contributed by atoms with Crippen molar-refractivity contribution in [3.05, 3.63) is 52.2 Å². The Morgan fingerprint density at radius 3 is 2.76 bits per heavy atom. The molecule has 1 atom stereocenters. The molecule has 4 nitrogen and oxygen atoms in total. The second kappa shape index (κ2) is 7.58. The second-order valence-electron chi connectivity index (χ2n) is 6.83. The van der Waals surface area contributed by atoms with Gasteiger partial charge in [-0.1, -0.05) is 24.3 Å². The quantitative estimate of drug-likeness (QED) is 0.847. The van der Waals surface area contributed by atoms with Crippen molar-refractivity contribution in [2.24, 2.45) is 5.92 Å². The third kappa shape index (κ3) is 3.88. The molecule has 0 bridgehead atoms. The summed E-state index contributed by atoms with van der Waals surface area (Å²) < 4.78 is 5.81. The number of benzene rings is 1. The minimum atomic E-state index is 0.0486. The Hall–Kier alpha value is -1.85. The molecule has 0 N–H and O–H groups in total. The van der Waals surface area contributed by atoms with E-state index in [0.717, 1.165) is 56.9 Å².